The molecule has 1 unspecified atom stereocenters. The minimum atomic E-state index is -1.14. The number of hydrogen-bond donors (Lipinski definition) is 2. The number of methoxy groups -OCH3 is 1. The molecule has 0 radical (unpaired) electrons. The lowest BCUT2D eigenvalue weighted by Gasteiger charge is -2.15. The number of hydrogen-bond acceptors (Lipinski definition) is 4. The third-order valence-corrected chi connectivity index (χ3v) is 3.21. The summed E-state index contributed by atoms with van der Waals surface area (Å²) >= 11 is 0. The molecule has 0 saturated heterocycles. The van der Waals surface area contributed by atoms with E-state index in [-0.39, 0.29) is 0 Å². The van der Waals surface area contributed by atoms with Crippen molar-refractivity contribution < 1.29 is 19.4 Å². The number of benzene rings is 1. The van der Waals surface area contributed by atoms with Gasteiger partial charge in [-0.15, -0.1) is 0 Å². The molecule has 1 aromatic carbocycles. The minimum absolute atomic E-state index is 0.303. The van der Waals surface area contributed by atoms with Gasteiger partial charge in [0.2, 0.25) is 0 Å². The number of carbonyl (C=O) groups is 2. The van der Waals surface area contributed by atoms with Gasteiger partial charge < -0.3 is 15.2 Å². The van der Waals surface area contributed by atoms with E-state index in [1.807, 2.05) is 0 Å². The molecule has 1 aromatic heterocycles. The molecule has 1 atom stereocenters. The number of nitrogens with one attached hydrogen (secondary N) is 1. The number of nitrogens with zero attached hydrogens (tertiary/aromatic N) is 2. The standard InChI is InChI=1S/C15H17N3O4/c1-9-8-12(18(2)17-9)14(19)16-13(15(20)21)10-4-6-11(22-3)7-5-10/h4-8,13H,1-3H3,(H,16,19)(H,20,21). The quantitative estimate of drug-likeness (QED) is 0.868. The molecule has 0 aliphatic carbocycles. The second-order valence-corrected chi connectivity index (χ2v) is 4.81. The van der Waals surface area contributed by atoms with Gasteiger partial charge in [0.05, 0.1) is 12.8 Å². The fraction of sp³-hybridized carbons (Fsp3) is 0.267. The molecule has 0 aliphatic rings. The summed E-state index contributed by atoms with van der Waals surface area (Å²) in [5.74, 6) is -1.02. The van der Waals surface area contributed by atoms with Crippen LogP contribution in [0.4, 0.5) is 0 Å². The fourth-order valence-electron chi connectivity index (χ4n) is 2.11. The van der Waals surface area contributed by atoms with Crippen molar-refractivity contribution in [3.05, 3.63) is 47.3 Å². The van der Waals surface area contributed by atoms with E-state index in [0.717, 1.165) is 0 Å². The maximum absolute atomic E-state index is 12.2. The molecular formula is C15H17N3O4. The van der Waals surface area contributed by atoms with Crippen LogP contribution < -0.4 is 10.1 Å². The molecule has 116 valence electrons. The Balaban J connectivity index is 2.23. The van der Waals surface area contributed by atoms with Crippen molar-refractivity contribution in [1.82, 2.24) is 15.1 Å². The number of aromatic nitrogens is 2. The number of carbonyl (C=O) groups excluding carboxylic acids is 1. The van der Waals surface area contributed by atoms with E-state index in [1.165, 1.54) is 11.8 Å². The summed E-state index contributed by atoms with van der Waals surface area (Å²) in [6.45, 7) is 1.76. The molecule has 0 fully saturated rings. The average molecular weight is 303 g/mol. The summed E-state index contributed by atoms with van der Waals surface area (Å²) in [6.07, 6.45) is 0. The number of amides is 1. The van der Waals surface area contributed by atoms with Crippen LogP contribution in [0.2, 0.25) is 0 Å². The summed E-state index contributed by atoms with van der Waals surface area (Å²) in [6, 6.07) is 6.95. The first-order chi connectivity index (χ1) is 10.4. The van der Waals surface area contributed by atoms with E-state index in [9.17, 15) is 14.7 Å². The first-order valence-electron chi connectivity index (χ1n) is 6.60. The van der Waals surface area contributed by atoms with Gasteiger partial charge in [-0.3, -0.25) is 9.48 Å². The highest BCUT2D eigenvalue weighted by atomic mass is 16.5. The lowest BCUT2D eigenvalue weighted by atomic mass is 10.1. The number of carboxylic acid groups (broad SMARTS) is 1. The summed E-state index contributed by atoms with van der Waals surface area (Å²) in [4.78, 5) is 23.7. The Hall–Kier alpha value is -2.83. The van der Waals surface area contributed by atoms with Crippen LogP contribution in [-0.2, 0) is 11.8 Å². The first-order valence-corrected chi connectivity index (χ1v) is 6.60. The van der Waals surface area contributed by atoms with E-state index < -0.39 is 17.9 Å². The number of carboxylic acids is 1. The molecule has 7 nitrogen and oxygen atoms in total. The Morgan fingerprint density at radius 1 is 1.32 bits per heavy atom. The lowest BCUT2D eigenvalue weighted by molar-refractivity contribution is -0.139. The summed E-state index contributed by atoms with van der Waals surface area (Å²) in [7, 11) is 3.15. The highest BCUT2D eigenvalue weighted by Crippen LogP contribution is 2.18. The Bertz CT molecular complexity index is 691. The number of aryl methyl sites for hydroxylation is 2. The lowest BCUT2D eigenvalue weighted by Crippen LogP contribution is -2.34. The predicted molar refractivity (Wildman–Crippen MR) is 78.8 cm³/mol. The number of rotatable bonds is 5. The second kappa shape index (κ2) is 6.30. The second-order valence-electron chi connectivity index (χ2n) is 4.81. The maximum Gasteiger partial charge on any atom is 0.330 e. The topological polar surface area (TPSA) is 93.5 Å². The van der Waals surface area contributed by atoms with Gasteiger partial charge >= 0.3 is 5.97 Å². The molecule has 1 heterocycles. The van der Waals surface area contributed by atoms with Crippen LogP contribution in [0.25, 0.3) is 0 Å². The largest absolute Gasteiger partial charge is 0.497 e. The van der Waals surface area contributed by atoms with Gasteiger partial charge in [-0.25, -0.2) is 4.79 Å². The predicted octanol–water partition coefficient (Wildman–Crippen LogP) is 1.29. The Kier molecular flexibility index (Phi) is 4.45. The van der Waals surface area contributed by atoms with E-state index in [4.69, 9.17) is 4.74 Å². The van der Waals surface area contributed by atoms with Gasteiger partial charge in [0, 0.05) is 7.05 Å². The van der Waals surface area contributed by atoms with Gasteiger partial charge in [0.25, 0.3) is 5.91 Å². The zero-order chi connectivity index (χ0) is 16.3. The van der Waals surface area contributed by atoms with Crippen LogP contribution in [-0.4, -0.2) is 33.9 Å². The van der Waals surface area contributed by atoms with Crippen LogP contribution in [0.5, 0.6) is 5.75 Å². The van der Waals surface area contributed by atoms with Gasteiger partial charge in [-0.05, 0) is 30.7 Å². The van der Waals surface area contributed by atoms with Gasteiger partial charge in [0.15, 0.2) is 6.04 Å². The Morgan fingerprint density at radius 3 is 2.41 bits per heavy atom. The van der Waals surface area contributed by atoms with Gasteiger partial charge in [0.1, 0.15) is 11.4 Å². The molecule has 0 bridgehead atoms. The van der Waals surface area contributed by atoms with E-state index in [2.05, 4.69) is 10.4 Å². The van der Waals surface area contributed by atoms with Crippen molar-refractivity contribution in [1.29, 1.82) is 0 Å². The van der Waals surface area contributed by atoms with Crippen molar-refractivity contribution in [2.45, 2.75) is 13.0 Å². The van der Waals surface area contributed by atoms with Crippen LogP contribution in [0, 0.1) is 6.92 Å². The average Bonchev–Trinajstić information content (AvgIpc) is 2.83. The van der Waals surface area contributed by atoms with Crippen molar-refractivity contribution in [2.75, 3.05) is 7.11 Å². The SMILES string of the molecule is COc1ccc(C(NC(=O)c2cc(C)nn2C)C(=O)O)cc1. The van der Waals surface area contributed by atoms with Crippen LogP contribution in [0.1, 0.15) is 27.8 Å². The molecule has 22 heavy (non-hydrogen) atoms. The number of ether oxygens (including phenoxy) is 1. The Labute approximate surface area is 127 Å². The Morgan fingerprint density at radius 2 is 1.95 bits per heavy atom. The minimum Gasteiger partial charge on any atom is -0.497 e. The van der Waals surface area contributed by atoms with Crippen LogP contribution >= 0.6 is 0 Å². The molecule has 2 N–H and O–H groups in total. The first kappa shape index (κ1) is 15.6. The van der Waals surface area contributed by atoms with Crippen LogP contribution in [0.3, 0.4) is 0 Å². The molecule has 0 spiro atoms. The summed E-state index contributed by atoms with van der Waals surface area (Å²) in [5, 5.41) is 15.9. The summed E-state index contributed by atoms with van der Waals surface area (Å²) < 4.78 is 6.45. The fourth-order valence-corrected chi connectivity index (χ4v) is 2.11. The summed E-state index contributed by atoms with van der Waals surface area (Å²) in [5.41, 5.74) is 1.45. The van der Waals surface area contributed by atoms with Crippen molar-refractivity contribution in [3.63, 3.8) is 0 Å². The maximum atomic E-state index is 12.2. The monoisotopic (exact) mass is 303 g/mol. The zero-order valence-electron chi connectivity index (χ0n) is 12.5. The highest BCUT2D eigenvalue weighted by Gasteiger charge is 2.24. The molecule has 0 saturated carbocycles. The van der Waals surface area contributed by atoms with Crippen LogP contribution in [0.15, 0.2) is 30.3 Å². The van der Waals surface area contributed by atoms with Crippen molar-refractivity contribution in [2.24, 2.45) is 7.05 Å². The third kappa shape index (κ3) is 3.25. The normalized spacial score (nSPS) is 11.8. The highest BCUT2D eigenvalue weighted by molar-refractivity contribution is 5.95. The van der Waals surface area contributed by atoms with E-state index in [1.54, 1.807) is 44.3 Å². The van der Waals surface area contributed by atoms with Crippen molar-refractivity contribution >= 4 is 11.9 Å². The van der Waals surface area contributed by atoms with E-state index >= 15 is 0 Å². The smallest absolute Gasteiger partial charge is 0.330 e. The molecule has 0 aliphatic heterocycles. The molecule has 2 rings (SSSR count). The van der Waals surface area contributed by atoms with E-state index in [0.29, 0.717) is 22.7 Å². The number of aliphatic carboxylic acids is 1. The zero-order valence-corrected chi connectivity index (χ0v) is 12.5. The van der Waals surface area contributed by atoms with Crippen molar-refractivity contribution in [3.8, 4) is 5.75 Å². The third-order valence-electron chi connectivity index (χ3n) is 3.21. The van der Waals surface area contributed by atoms with Gasteiger partial charge in [-0.2, -0.15) is 5.10 Å². The molecule has 7 heteroatoms. The molecule has 2 aromatic rings. The van der Waals surface area contributed by atoms with Gasteiger partial charge in [-0.1, -0.05) is 12.1 Å². The molecule has 1 amide bonds. The molecular weight excluding hydrogens is 286 g/mol.